The lowest BCUT2D eigenvalue weighted by Crippen LogP contribution is -1.89. The lowest BCUT2D eigenvalue weighted by Gasteiger charge is -1.97. The molecule has 3 aromatic heterocycles. The number of aromatic nitrogens is 4. The van der Waals surface area contributed by atoms with E-state index in [0.29, 0.717) is 27.9 Å². The van der Waals surface area contributed by atoms with Gasteiger partial charge in [0.05, 0.1) is 4.92 Å². The molecule has 3 heterocycles. The molecule has 142 valence electrons. The molecule has 0 aliphatic heterocycles. The van der Waals surface area contributed by atoms with Crippen molar-refractivity contribution in [2.75, 3.05) is 0 Å². The quantitative estimate of drug-likeness (QED) is 0.257. The third-order valence-electron chi connectivity index (χ3n) is 4.25. The Hall–Kier alpha value is -3.37. The van der Waals surface area contributed by atoms with Crippen molar-refractivity contribution in [3.05, 3.63) is 75.3 Å². The van der Waals surface area contributed by atoms with Crippen molar-refractivity contribution in [3.8, 4) is 33.5 Å². The minimum Gasteiger partial charge on any atom is -0.453 e. The molecule has 10 heteroatoms. The lowest BCUT2D eigenvalue weighted by molar-refractivity contribution is -0.384. The van der Waals surface area contributed by atoms with E-state index in [0.717, 1.165) is 15.0 Å². The summed E-state index contributed by atoms with van der Waals surface area (Å²) in [4.78, 5) is 11.2. The van der Waals surface area contributed by atoms with Crippen LogP contribution in [0.25, 0.3) is 38.4 Å². The second-order valence-corrected chi connectivity index (χ2v) is 7.98. The van der Waals surface area contributed by atoms with Crippen molar-refractivity contribution >= 4 is 37.9 Å². The molecule has 0 atom stereocenters. The summed E-state index contributed by atoms with van der Waals surface area (Å²) in [5, 5.41) is 24.8. The number of hydrogen-bond donors (Lipinski definition) is 0. The number of furan rings is 1. The highest BCUT2D eigenvalue weighted by Gasteiger charge is 2.18. The summed E-state index contributed by atoms with van der Waals surface area (Å²) >= 11 is 4.85. The van der Waals surface area contributed by atoms with E-state index in [1.165, 1.54) is 23.5 Å². The van der Waals surface area contributed by atoms with Crippen molar-refractivity contribution in [2.45, 2.75) is 0 Å². The van der Waals surface area contributed by atoms with Gasteiger partial charge in [0, 0.05) is 27.7 Å². The molecular weight excluding hydrogens is 458 g/mol. The Morgan fingerprint density at radius 2 is 1.79 bits per heavy atom. The zero-order valence-electron chi connectivity index (χ0n) is 14.5. The first-order valence-electron chi connectivity index (χ1n) is 8.42. The minimum absolute atomic E-state index is 0.00367. The van der Waals surface area contributed by atoms with Crippen molar-refractivity contribution < 1.29 is 9.34 Å². The molecule has 2 aromatic carbocycles. The number of nitro groups is 1. The summed E-state index contributed by atoms with van der Waals surface area (Å²) in [5.41, 5.74) is 1.59. The molecular formula is C19H10BrN5O3S. The van der Waals surface area contributed by atoms with E-state index in [1.54, 1.807) is 28.8 Å². The van der Waals surface area contributed by atoms with Crippen LogP contribution in [0.4, 0.5) is 5.69 Å². The minimum atomic E-state index is -0.436. The Labute approximate surface area is 175 Å². The highest BCUT2D eigenvalue weighted by molar-refractivity contribution is 9.10. The van der Waals surface area contributed by atoms with Gasteiger partial charge in [-0.25, -0.2) is 0 Å². The van der Waals surface area contributed by atoms with Gasteiger partial charge in [-0.1, -0.05) is 51.5 Å². The van der Waals surface area contributed by atoms with E-state index in [9.17, 15) is 10.1 Å². The lowest BCUT2D eigenvalue weighted by atomic mass is 10.1. The van der Waals surface area contributed by atoms with Gasteiger partial charge in [0.15, 0.2) is 5.76 Å². The summed E-state index contributed by atoms with van der Waals surface area (Å²) < 4.78 is 8.53. The molecule has 0 N–H and O–H groups in total. The van der Waals surface area contributed by atoms with Crippen LogP contribution in [-0.4, -0.2) is 24.7 Å². The van der Waals surface area contributed by atoms with Crippen LogP contribution in [0.5, 0.6) is 0 Å². The van der Waals surface area contributed by atoms with Crippen LogP contribution in [-0.2, 0) is 0 Å². The van der Waals surface area contributed by atoms with Gasteiger partial charge in [0.2, 0.25) is 10.8 Å². The van der Waals surface area contributed by atoms with Crippen LogP contribution in [0.1, 0.15) is 0 Å². The largest absolute Gasteiger partial charge is 0.453 e. The van der Waals surface area contributed by atoms with Gasteiger partial charge in [0.25, 0.3) is 5.69 Å². The summed E-state index contributed by atoms with van der Waals surface area (Å²) in [6.45, 7) is 0. The molecule has 5 rings (SSSR count). The normalized spacial score (nSPS) is 11.2. The number of fused-ring (bicyclic) bond motifs is 1. The number of nitrogens with zero attached hydrogens (tertiary/aromatic N) is 5. The molecule has 0 saturated heterocycles. The van der Waals surface area contributed by atoms with Crippen molar-refractivity contribution in [3.63, 3.8) is 0 Å². The first-order valence-corrected chi connectivity index (χ1v) is 10.0. The molecule has 0 radical (unpaired) electrons. The monoisotopic (exact) mass is 467 g/mol. The van der Waals surface area contributed by atoms with Crippen LogP contribution in [0.2, 0.25) is 0 Å². The van der Waals surface area contributed by atoms with Gasteiger partial charge in [-0.3, -0.25) is 10.1 Å². The van der Waals surface area contributed by atoms with Crippen LogP contribution >= 0.6 is 27.3 Å². The van der Waals surface area contributed by atoms with Gasteiger partial charge in [-0.2, -0.15) is 9.61 Å². The summed E-state index contributed by atoms with van der Waals surface area (Å²) in [6, 6.07) is 17.6. The predicted octanol–water partition coefficient (Wildman–Crippen LogP) is 5.45. The average molecular weight is 468 g/mol. The van der Waals surface area contributed by atoms with Crippen LogP contribution in [0, 0.1) is 10.1 Å². The first kappa shape index (κ1) is 17.7. The Morgan fingerprint density at radius 3 is 2.59 bits per heavy atom. The van der Waals surface area contributed by atoms with E-state index in [2.05, 4.69) is 31.2 Å². The molecule has 0 bridgehead atoms. The average Bonchev–Trinajstić information content (AvgIpc) is 3.44. The number of benzene rings is 2. The molecule has 0 amide bonds. The highest BCUT2D eigenvalue weighted by Crippen LogP contribution is 2.32. The molecule has 0 fully saturated rings. The smallest absolute Gasteiger partial charge is 0.270 e. The molecule has 8 nitrogen and oxygen atoms in total. The molecule has 0 aliphatic rings. The molecule has 0 aliphatic carbocycles. The maximum absolute atomic E-state index is 11.0. The fourth-order valence-corrected chi connectivity index (χ4v) is 3.97. The summed E-state index contributed by atoms with van der Waals surface area (Å²) in [6.07, 6.45) is 0. The first-order chi connectivity index (χ1) is 14.1. The SMILES string of the molecule is O=[N+]([O-])c1cccc(-c2ccc(-c3nnc4sc(-c5ccc(Br)cc5)nn34)o2)c1. The van der Waals surface area contributed by atoms with E-state index >= 15 is 0 Å². The van der Waals surface area contributed by atoms with Gasteiger partial charge >= 0.3 is 0 Å². The second kappa shape index (κ2) is 6.90. The predicted molar refractivity (Wildman–Crippen MR) is 112 cm³/mol. The Balaban J connectivity index is 1.53. The maximum atomic E-state index is 11.0. The zero-order valence-corrected chi connectivity index (χ0v) is 16.9. The molecule has 5 aromatic rings. The van der Waals surface area contributed by atoms with Gasteiger partial charge in [0.1, 0.15) is 10.8 Å². The highest BCUT2D eigenvalue weighted by atomic mass is 79.9. The van der Waals surface area contributed by atoms with Crippen molar-refractivity contribution in [1.82, 2.24) is 19.8 Å². The summed E-state index contributed by atoms with van der Waals surface area (Å²) in [5.74, 6) is 1.45. The number of nitro benzene ring substituents is 1. The second-order valence-electron chi connectivity index (χ2n) is 6.10. The van der Waals surface area contributed by atoms with E-state index in [1.807, 2.05) is 24.3 Å². The third-order valence-corrected chi connectivity index (χ3v) is 5.73. The van der Waals surface area contributed by atoms with Crippen LogP contribution in [0.15, 0.2) is 69.6 Å². The van der Waals surface area contributed by atoms with Crippen molar-refractivity contribution in [1.29, 1.82) is 0 Å². The molecule has 0 unspecified atom stereocenters. The third kappa shape index (κ3) is 3.22. The fraction of sp³-hybridized carbons (Fsp3) is 0. The van der Waals surface area contributed by atoms with Crippen LogP contribution in [0.3, 0.4) is 0 Å². The maximum Gasteiger partial charge on any atom is 0.270 e. The topological polar surface area (TPSA) is 99.4 Å². The Morgan fingerprint density at radius 1 is 1.00 bits per heavy atom. The van der Waals surface area contributed by atoms with Gasteiger partial charge in [-0.05, 0) is 24.3 Å². The van der Waals surface area contributed by atoms with Crippen LogP contribution < -0.4 is 0 Å². The van der Waals surface area contributed by atoms with E-state index < -0.39 is 4.92 Å². The Bertz CT molecular complexity index is 1360. The number of halogens is 1. The summed E-state index contributed by atoms with van der Waals surface area (Å²) in [7, 11) is 0. The van der Waals surface area contributed by atoms with Gasteiger partial charge < -0.3 is 4.42 Å². The number of hydrogen-bond acceptors (Lipinski definition) is 7. The molecule has 0 saturated carbocycles. The number of non-ortho nitro benzene ring substituents is 1. The van der Waals surface area contributed by atoms with Crippen molar-refractivity contribution in [2.24, 2.45) is 0 Å². The van der Waals surface area contributed by atoms with Gasteiger partial charge in [-0.15, -0.1) is 10.2 Å². The molecule has 29 heavy (non-hydrogen) atoms. The van der Waals surface area contributed by atoms with E-state index in [-0.39, 0.29) is 5.69 Å². The standard InChI is InChI=1S/C19H10BrN5O3S/c20-13-6-4-11(5-7-13)18-23-24-17(21-22-19(24)29-18)16-9-8-15(28-16)12-2-1-3-14(10-12)25(26)27/h1-10H. The molecule has 0 spiro atoms. The van der Waals surface area contributed by atoms with E-state index in [4.69, 9.17) is 4.42 Å². The Kier molecular flexibility index (Phi) is 4.22. The number of rotatable bonds is 4. The fourth-order valence-electron chi connectivity index (χ4n) is 2.87. The zero-order chi connectivity index (χ0) is 20.0.